The highest BCUT2D eigenvalue weighted by molar-refractivity contribution is 5.86. The van der Waals surface area contributed by atoms with Gasteiger partial charge in [-0.2, -0.15) is 5.10 Å². The number of nitrogens with one attached hydrogen (secondary N) is 1. The number of ether oxygens (including phenoxy) is 1. The molecule has 26 heavy (non-hydrogen) atoms. The van der Waals surface area contributed by atoms with Gasteiger partial charge in [-0.1, -0.05) is 0 Å². The molecule has 0 saturated carbocycles. The molecule has 2 heterocycles. The molecule has 0 spiro atoms. The number of ketones is 1. The van der Waals surface area contributed by atoms with Gasteiger partial charge in [0.15, 0.2) is 11.6 Å². The van der Waals surface area contributed by atoms with E-state index in [0.29, 0.717) is 19.6 Å². The van der Waals surface area contributed by atoms with Crippen LogP contribution in [0, 0.1) is 19.7 Å². The second kappa shape index (κ2) is 7.72. The Morgan fingerprint density at radius 3 is 2.85 bits per heavy atom. The van der Waals surface area contributed by atoms with Crippen molar-refractivity contribution in [2.24, 2.45) is 0 Å². The van der Waals surface area contributed by atoms with Crippen molar-refractivity contribution in [2.45, 2.75) is 46.6 Å². The first-order valence-corrected chi connectivity index (χ1v) is 8.87. The summed E-state index contributed by atoms with van der Waals surface area (Å²) in [6, 6.07) is 5.15. The molecule has 0 atom stereocenters. The number of nitrogens with zero attached hydrogens (tertiary/aromatic N) is 2. The Labute approximate surface area is 152 Å². The van der Waals surface area contributed by atoms with Crippen LogP contribution < -0.4 is 4.74 Å². The van der Waals surface area contributed by atoms with E-state index in [1.807, 2.05) is 26.1 Å². The van der Waals surface area contributed by atoms with Crippen molar-refractivity contribution in [1.29, 1.82) is 0 Å². The summed E-state index contributed by atoms with van der Waals surface area (Å²) >= 11 is 0. The maximum Gasteiger partial charge on any atom is 0.167 e. The fourth-order valence-electron chi connectivity index (χ4n) is 3.17. The highest BCUT2D eigenvalue weighted by Gasteiger charge is 2.13. The normalized spacial score (nSPS) is 11.2. The Balaban J connectivity index is 1.75. The first kappa shape index (κ1) is 18.2. The molecule has 3 aromatic rings. The third-order valence-corrected chi connectivity index (χ3v) is 4.48. The average molecular weight is 357 g/mol. The molecule has 0 amide bonds. The fourth-order valence-corrected chi connectivity index (χ4v) is 3.17. The molecule has 0 fully saturated rings. The summed E-state index contributed by atoms with van der Waals surface area (Å²) in [4.78, 5) is 14.4. The van der Waals surface area contributed by atoms with E-state index in [9.17, 15) is 9.18 Å². The van der Waals surface area contributed by atoms with E-state index in [2.05, 4.69) is 10.1 Å². The number of H-pyrrole nitrogens is 1. The minimum atomic E-state index is -0.384. The second-order valence-electron chi connectivity index (χ2n) is 6.68. The van der Waals surface area contributed by atoms with E-state index in [0.717, 1.165) is 40.7 Å². The number of carbonyl (C=O) groups excluding carboxylic acids is 1. The first-order valence-electron chi connectivity index (χ1n) is 8.87. The third kappa shape index (κ3) is 4.12. The molecule has 0 aliphatic rings. The summed E-state index contributed by atoms with van der Waals surface area (Å²) in [7, 11) is 0. The van der Waals surface area contributed by atoms with Crippen molar-refractivity contribution < 1.29 is 13.9 Å². The van der Waals surface area contributed by atoms with Crippen molar-refractivity contribution in [2.75, 3.05) is 6.61 Å². The summed E-state index contributed by atoms with van der Waals surface area (Å²) in [6.45, 7) is 6.40. The lowest BCUT2D eigenvalue weighted by atomic mass is 10.0. The SMILES string of the molecule is CC(=O)CCCc1c(C)[nH]c2cc(F)c(OCCn3ccc(C)n3)cc12. The Morgan fingerprint density at radius 1 is 1.35 bits per heavy atom. The van der Waals surface area contributed by atoms with E-state index in [-0.39, 0.29) is 17.3 Å². The topological polar surface area (TPSA) is 59.9 Å². The average Bonchev–Trinajstić information content (AvgIpc) is 3.11. The molecule has 0 aliphatic heterocycles. The summed E-state index contributed by atoms with van der Waals surface area (Å²) in [5, 5.41) is 5.25. The van der Waals surface area contributed by atoms with Crippen LogP contribution in [0.4, 0.5) is 4.39 Å². The Bertz CT molecular complexity index is 927. The lowest BCUT2D eigenvalue weighted by Gasteiger charge is -2.08. The van der Waals surface area contributed by atoms with Gasteiger partial charge in [0.2, 0.25) is 0 Å². The largest absolute Gasteiger partial charge is 0.489 e. The van der Waals surface area contributed by atoms with Gasteiger partial charge in [0.05, 0.1) is 12.2 Å². The molecule has 5 nitrogen and oxygen atoms in total. The maximum absolute atomic E-state index is 14.3. The Hall–Kier alpha value is -2.63. The molecule has 138 valence electrons. The minimum absolute atomic E-state index is 0.186. The number of fused-ring (bicyclic) bond motifs is 1. The molecular weight excluding hydrogens is 333 g/mol. The van der Waals surface area contributed by atoms with E-state index in [4.69, 9.17) is 4.74 Å². The van der Waals surface area contributed by atoms with Gasteiger partial charge in [0.1, 0.15) is 12.4 Å². The summed E-state index contributed by atoms with van der Waals surface area (Å²) in [5.74, 6) is 0.0466. The summed E-state index contributed by atoms with van der Waals surface area (Å²) in [6.07, 6.45) is 4.00. The van der Waals surface area contributed by atoms with E-state index in [1.165, 1.54) is 6.07 Å². The smallest absolute Gasteiger partial charge is 0.167 e. The van der Waals surface area contributed by atoms with Gasteiger partial charge in [-0.15, -0.1) is 0 Å². The summed E-state index contributed by atoms with van der Waals surface area (Å²) in [5.41, 5.74) is 3.82. The highest BCUT2D eigenvalue weighted by atomic mass is 19.1. The number of benzene rings is 1. The van der Waals surface area contributed by atoms with Gasteiger partial charge in [-0.05, 0) is 51.3 Å². The van der Waals surface area contributed by atoms with Crippen LogP contribution in [0.3, 0.4) is 0 Å². The molecule has 0 saturated heterocycles. The zero-order chi connectivity index (χ0) is 18.7. The Morgan fingerprint density at radius 2 is 2.15 bits per heavy atom. The molecule has 0 bridgehead atoms. The molecule has 6 heteroatoms. The molecule has 2 aromatic heterocycles. The third-order valence-electron chi connectivity index (χ3n) is 4.48. The van der Waals surface area contributed by atoms with Gasteiger partial charge < -0.3 is 14.5 Å². The van der Waals surface area contributed by atoms with Crippen LogP contribution in [0.1, 0.15) is 36.7 Å². The number of hydrogen-bond acceptors (Lipinski definition) is 3. The van der Waals surface area contributed by atoms with Crippen LogP contribution >= 0.6 is 0 Å². The van der Waals surface area contributed by atoms with Gasteiger partial charge in [-0.25, -0.2) is 4.39 Å². The van der Waals surface area contributed by atoms with E-state index >= 15 is 0 Å². The van der Waals surface area contributed by atoms with Crippen molar-refractivity contribution >= 4 is 16.7 Å². The number of aromatic amines is 1. The zero-order valence-electron chi connectivity index (χ0n) is 15.4. The standard InChI is InChI=1S/C20H24FN3O2/c1-13-7-8-24(23-13)9-10-26-20-11-17-16(6-4-5-14(2)25)15(3)22-19(17)12-18(20)21/h7-8,11-12,22H,4-6,9-10H2,1-3H3. The number of rotatable bonds is 8. The van der Waals surface area contributed by atoms with Crippen LogP contribution in [-0.2, 0) is 17.8 Å². The van der Waals surface area contributed by atoms with Crippen molar-refractivity contribution in [3.8, 4) is 5.75 Å². The van der Waals surface area contributed by atoms with E-state index in [1.54, 1.807) is 17.7 Å². The lowest BCUT2D eigenvalue weighted by Crippen LogP contribution is -2.09. The molecule has 0 aliphatic carbocycles. The number of aromatic nitrogens is 3. The van der Waals surface area contributed by atoms with Gasteiger partial charge in [-0.3, -0.25) is 4.68 Å². The monoisotopic (exact) mass is 357 g/mol. The van der Waals surface area contributed by atoms with Crippen LogP contribution in [0.25, 0.3) is 10.9 Å². The van der Waals surface area contributed by atoms with Gasteiger partial charge in [0.25, 0.3) is 0 Å². The second-order valence-corrected chi connectivity index (χ2v) is 6.68. The fraction of sp³-hybridized carbons (Fsp3) is 0.400. The minimum Gasteiger partial charge on any atom is -0.489 e. The molecule has 1 N–H and O–H groups in total. The van der Waals surface area contributed by atoms with Crippen LogP contribution in [-0.4, -0.2) is 27.2 Å². The number of aryl methyl sites for hydroxylation is 3. The van der Waals surface area contributed by atoms with Crippen molar-refractivity contribution in [3.63, 3.8) is 0 Å². The molecule has 0 unspecified atom stereocenters. The maximum atomic E-state index is 14.3. The van der Waals surface area contributed by atoms with Gasteiger partial charge in [0, 0.05) is 35.3 Å². The van der Waals surface area contributed by atoms with Crippen molar-refractivity contribution in [1.82, 2.24) is 14.8 Å². The van der Waals surface area contributed by atoms with E-state index < -0.39 is 0 Å². The van der Waals surface area contributed by atoms with Gasteiger partial charge >= 0.3 is 0 Å². The number of Topliss-reactive ketones (excluding diaryl/α,β-unsaturated/α-hetero) is 1. The number of hydrogen-bond donors (Lipinski definition) is 1. The van der Waals surface area contributed by atoms with Crippen LogP contribution in [0.2, 0.25) is 0 Å². The van der Waals surface area contributed by atoms with Crippen LogP contribution in [0.5, 0.6) is 5.75 Å². The molecule has 0 radical (unpaired) electrons. The Kier molecular flexibility index (Phi) is 5.40. The molecular formula is C20H24FN3O2. The predicted molar refractivity (Wildman–Crippen MR) is 99.1 cm³/mol. The lowest BCUT2D eigenvalue weighted by molar-refractivity contribution is -0.117. The highest BCUT2D eigenvalue weighted by Crippen LogP contribution is 2.30. The molecule has 1 aromatic carbocycles. The number of carbonyl (C=O) groups is 1. The zero-order valence-corrected chi connectivity index (χ0v) is 15.4. The quantitative estimate of drug-likeness (QED) is 0.660. The number of halogens is 1. The van der Waals surface area contributed by atoms with Crippen molar-refractivity contribution in [3.05, 3.63) is 47.2 Å². The first-order chi connectivity index (χ1) is 12.4. The predicted octanol–water partition coefficient (Wildman–Crippen LogP) is 4.11. The molecule has 3 rings (SSSR count). The van der Waals surface area contributed by atoms with Crippen LogP contribution in [0.15, 0.2) is 24.4 Å². The summed E-state index contributed by atoms with van der Waals surface area (Å²) < 4.78 is 21.8.